The van der Waals surface area contributed by atoms with Crippen LogP contribution in [0.5, 0.6) is 5.75 Å². The number of carbonyl (C=O) groups is 1. The van der Waals surface area contributed by atoms with Gasteiger partial charge in [0.2, 0.25) is 5.91 Å². The fourth-order valence-electron chi connectivity index (χ4n) is 1.47. The zero-order chi connectivity index (χ0) is 14.1. The van der Waals surface area contributed by atoms with Gasteiger partial charge in [0.05, 0.1) is 12.8 Å². The minimum atomic E-state index is 0.0295. The highest BCUT2D eigenvalue weighted by Gasteiger charge is 2.06. The summed E-state index contributed by atoms with van der Waals surface area (Å²) in [4.78, 5) is 13.9. The molecule has 1 amide bonds. The van der Waals surface area contributed by atoms with E-state index in [0.717, 1.165) is 23.7 Å². The minimum Gasteiger partial charge on any atom is -0.495 e. The number of ether oxygens (including phenoxy) is 1. The number of rotatable bonds is 8. The fourth-order valence-corrected chi connectivity index (χ4v) is 2.50. The monoisotopic (exact) mass is 282 g/mol. The zero-order valence-electron chi connectivity index (χ0n) is 11.8. The first-order valence-electron chi connectivity index (χ1n) is 6.29. The number of thioether (sulfide) groups is 1. The van der Waals surface area contributed by atoms with Crippen molar-refractivity contribution in [3.05, 3.63) is 24.3 Å². The third-order valence-electron chi connectivity index (χ3n) is 2.54. The van der Waals surface area contributed by atoms with Crippen LogP contribution in [0, 0.1) is 0 Å². The van der Waals surface area contributed by atoms with Gasteiger partial charge >= 0.3 is 0 Å². The van der Waals surface area contributed by atoms with Crippen LogP contribution < -0.4 is 10.1 Å². The lowest BCUT2D eigenvalue weighted by Crippen LogP contribution is -2.16. The minimum absolute atomic E-state index is 0.0295. The zero-order valence-corrected chi connectivity index (χ0v) is 12.6. The molecular formula is C14H22N2O2S. The number of nitrogens with one attached hydrogen (secondary N) is 1. The Morgan fingerprint density at radius 2 is 2.05 bits per heavy atom. The van der Waals surface area contributed by atoms with Crippen LogP contribution in [-0.4, -0.2) is 50.1 Å². The number of carbonyl (C=O) groups excluding carboxylic acids is 1. The molecule has 0 unspecified atom stereocenters. The molecule has 0 aliphatic rings. The summed E-state index contributed by atoms with van der Waals surface area (Å²) >= 11 is 1.80. The van der Waals surface area contributed by atoms with Crippen LogP contribution in [0.2, 0.25) is 0 Å². The molecule has 0 aromatic heterocycles. The number of hydrogen-bond donors (Lipinski definition) is 1. The Balaban J connectivity index is 2.27. The first-order valence-corrected chi connectivity index (χ1v) is 7.44. The maximum atomic E-state index is 11.8. The van der Waals surface area contributed by atoms with Gasteiger partial charge in [-0.05, 0) is 26.2 Å². The lowest BCUT2D eigenvalue weighted by molar-refractivity contribution is -0.115. The van der Waals surface area contributed by atoms with E-state index in [1.807, 2.05) is 24.3 Å². The van der Waals surface area contributed by atoms with Gasteiger partial charge in [-0.1, -0.05) is 12.1 Å². The molecule has 0 heterocycles. The van der Waals surface area contributed by atoms with Crippen molar-refractivity contribution in [3.63, 3.8) is 0 Å². The first kappa shape index (κ1) is 15.9. The van der Waals surface area contributed by atoms with Crippen molar-refractivity contribution >= 4 is 23.4 Å². The second-order valence-electron chi connectivity index (χ2n) is 4.41. The predicted octanol–water partition coefficient (Wildman–Crippen LogP) is 2.32. The number of anilines is 1. The maximum absolute atomic E-state index is 11.8. The van der Waals surface area contributed by atoms with E-state index in [4.69, 9.17) is 4.74 Å². The molecular weight excluding hydrogens is 260 g/mol. The summed E-state index contributed by atoms with van der Waals surface area (Å²) in [5.74, 6) is 2.61. The third-order valence-corrected chi connectivity index (χ3v) is 3.50. The van der Waals surface area contributed by atoms with E-state index in [9.17, 15) is 4.79 Å². The average molecular weight is 282 g/mol. The topological polar surface area (TPSA) is 41.6 Å². The Hall–Kier alpha value is -1.20. The van der Waals surface area contributed by atoms with Gasteiger partial charge in [0.15, 0.2) is 0 Å². The Labute approximate surface area is 119 Å². The van der Waals surface area contributed by atoms with Crippen molar-refractivity contribution in [1.29, 1.82) is 0 Å². The van der Waals surface area contributed by atoms with Gasteiger partial charge in [0.1, 0.15) is 5.75 Å². The molecule has 4 nitrogen and oxygen atoms in total. The van der Waals surface area contributed by atoms with Gasteiger partial charge < -0.3 is 15.0 Å². The second-order valence-corrected chi connectivity index (χ2v) is 5.64. The van der Waals surface area contributed by atoms with Crippen LogP contribution in [0.25, 0.3) is 0 Å². The van der Waals surface area contributed by atoms with E-state index >= 15 is 0 Å². The summed E-state index contributed by atoms with van der Waals surface area (Å²) in [6.07, 6.45) is 0.524. The van der Waals surface area contributed by atoms with E-state index in [2.05, 4.69) is 24.3 Å². The van der Waals surface area contributed by atoms with Gasteiger partial charge in [-0.3, -0.25) is 4.79 Å². The number of hydrogen-bond acceptors (Lipinski definition) is 4. The van der Waals surface area contributed by atoms with Crippen LogP contribution in [-0.2, 0) is 4.79 Å². The summed E-state index contributed by atoms with van der Waals surface area (Å²) < 4.78 is 5.19. The van der Waals surface area contributed by atoms with Crippen molar-refractivity contribution in [2.24, 2.45) is 0 Å². The summed E-state index contributed by atoms with van der Waals surface area (Å²) in [6, 6.07) is 7.44. The number of benzene rings is 1. The van der Waals surface area contributed by atoms with E-state index in [1.54, 1.807) is 18.9 Å². The largest absolute Gasteiger partial charge is 0.495 e. The Kier molecular flexibility index (Phi) is 7.36. The molecule has 0 saturated carbocycles. The van der Waals surface area contributed by atoms with E-state index in [0.29, 0.717) is 12.2 Å². The molecule has 0 atom stereocenters. The highest BCUT2D eigenvalue weighted by Crippen LogP contribution is 2.23. The maximum Gasteiger partial charge on any atom is 0.225 e. The molecule has 0 saturated heterocycles. The quantitative estimate of drug-likeness (QED) is 0.743. The molecule has 19 heavy (non-hydrogen) atoms. The lowest BCUT2D eigenvalue weighted by Gasteiger charge is -2.10. The van der Waals surface area contributed by atoms with Crippen LogP contribution in [0.1, 0.15) is 6.42 Å². The molecule has 5 heteroatoms. The Bertz CT molecular complexity index is 397. The molecule has 0 bridgehead atoms. The van der Waals surface area contributed by atoms with Gasteiger partial charge in [-0.2, -0.15) is 11.8 Å². The Morgan fingerprint density at radius 1 is 1.32 bits per heavy atom. The fraction of sp³-hybridized carbons (Fsp3) is 0.500. The number of para-hydroxylation sites is 2. The highest BCUT2D eigenvalue weighted by atomic mass is 32.2. The number of methoxy groups -OCH3 is 1. The predicted molar refractivity (Wildman–Crippen MR) is 82.1 cm³/mol. The Morgan fingerprint density at radius 3 is 2.74 bits per heavy atom. The first-order chi connectivity index (χ1) is 9.13. The highest BCUT2D eigenvalue weighted by molar-refractivity contribution is 7.99. The smallest absolute Gasteiger partial charge is 0.225 e. The summed E-state index contributed by atoms with van der Waals surface area (Å²) in [7, 11) is 5.70. The summed E-state index contributed by atoms with van der Waals surface area (Å²) in [6.45, 7) is 1.04. The van der Waals surface area contributed by atoms with Crippen LogP contribution in [0.4, 0.5) is 5.69 Å². The lowest BCUT2D eigenvalue weighted by atomic mass is 10.3. The average Bonchev–Trinajstić information content (AvgIpc) is 2.38. The molecule has 1 rings (SSSR count). The number of amides is 1. The second kappa shape index (κ2) is 8.82. The van der Waals surface area contributed by atoms with E-state index in [1.165, 1.54) is 0 Å². The third kappa shape index (κ3) is 6.50. The van der Waals surface area contributed by atoms with Gasteiger partial charge in [-0.25, -0.2) is 0 Å². The van der Waals surface area contributed by atoms with Crippen molar-refractivity contribution in [3.8, 4) is 5.75 Å². The van der Waals surface area contributed by atoms with E-state index in [-0.39, 0.29) is 5.91 Å². The van der Waals surface area contributed by atoms with Gasteiger partial charge in [-0.15, -0.1) is 0 Å². The molecule has 1 aromatic carbocycles. The van der Waals surface area contributed by atoms with Crippen LogP contribution >= 0.6 is 11.8 Å². The van der Waals surface area contributed by atoms with Crippen molar-refractivity contribution in [2.45, 2.75) is 6.42 Å². The molecule has 0 radical (unpaired) electrons. The normalized spacial score (nSPS) is 10.5. The number of nitrogens with zero attached hydrogens (tertiary/aromatic N) is 1. The van der Waals surface area contributed by atoms with Crippen LogP contribution in [0.3, 0.4) is 0 Å². The summed E-state index contributed by atoms with van der Waals surface area (Å²) in [5, 5.41) is 2.87. The molecule has 106 valence electrons. The molecule has 0 fully saturated rings. The van der Waals surface area contributed by atoms with Crippen molar-refractivity contribution < 1.29 is 9.53 Å². The molecule has 1 aromatic rings. The van der Waals surface area contributed by atoms with Gasteiger partial charge in [0.25, 0.3) is 0 Å². The summed E-state index contributed by atoms with van der Waals surface area (Å²) in [5.41, 5.74) is 0.730. The molecule has 0 aliphatic carbocycles. The molecule has 0 spiro atoms. The van der Waals surface area contributed by atoms with Crippen molar-refractivity contribution in [1.82, 2.24) is 4.90 Å². The van der Waals surface area contributed by atoms with E-state index < -0.39 is 0 Å². The molecule has 0 aliphatic heterocycles. The SMILES string of the molecule is COc1ccccc1NC(=O)CCSCCN(C)C. The van der Waals surface area contributed by atoms with Crippen molar-refractivity contribution in [2.75, 3.05) is 44.6 Å². The molecule has 1 N–H and O–H groups in total. The van der Waals surface area contributed by atoms with Gasteiger partial charge in [0, 0.05) is 24.5 Å². The standard InChI is InChI=1S/C14H22N2O2S/c1-16(2)9-11-19-10-8-14(17)15-12-6-4-5-7-13(12)18-3/h4-7H,8-11H2,1-3H3,(H,15,17). The van der Waals surface area contributed by atoms with Crippen LogP contribution in [0.15, 0.2) is 24.3 Å².